The second-order valence-corrected chi connectivity index (χ2v) is 3.71. The van der Waals surface area contributed by atoms with Crippen molar-refractivity contribution in [2.45, 2.75) is 13.3 Å². The first-order chi connectivity index (χ1) is 7.63. The van der Waals surface area contributed by atoms with Crippen LogP contribution in [0, 0.1) is 5.82 Å². The molecule has 0 aliphatic rings. The van der Waals surface area contributed by atoms with E-state index in [-0.39, 0.29) is 11.6 Å². The molecule has 0 aromatic heterocycles. The molecule has 0 spiro atoms. The van der Waals surface area contributed by atoms with E-state index in [0.717, 1.165) is 6.54 Å². The highest BCUT2D eigenvalue weighted by molar-refractivity contribution is 6.30. The van der Waals surface area contributed by atoms with Crippen molar-refractivity contribution >= 4 is 23.2 Å². The van der Waals surface area contributed by atoms with Gasteiger partial charge in [-0.1, -0.05) is 18.5 Å². The minimum Gasteiger partial charge on any atom is -0.324 e. The van der Waals surface area contributed by atoms with Gasteiger partial charge in [0.15, 0.2) is 0 Å². The summed E-state index contributed by atoms with van der Waals surface area (Å²) < 4.78 is 13.3. The number of carbonyl (C=O) groups is 1. The monoisotopic (exact) mass is 244 g/mol. The van der Waals surface area contributed by atoms with Crippen molar-refractivity contribution < 1.29 is 9.18 Å². The maximum Gasteiger partial charge on any atom is 0.225 e. The van der Waals surface area contributed by atoms with Crippen LogP contribution in [0.2, 0.25) is 5.02 Å². The highest BCUT2D eigenvalue weighted by Crippen LogP contribution is 2.18. The lowest BCUT2D eigenvalue weighted by atomic mass is 10.3. The number of hydrogen-bond donors (Lipinski definition) is 2. The number of benzene rings is 1. The normalized spacial score (nSPS) is 10.2. The Kier molecular flexibility index (Phi) is 5.22. The van der Waals surface area contributed by atoms with E-state index in [1.807, 2.05) is 6.92 Å². The van der Waals surface area contributed by atoms with Gasteiger partial charge in [0, 0.05) is 18.0 Å². The van der Waals surface area contributed by atoms with Gasteiger partial charge in [0.25, 0.3) is 0 Å². The molecule has 1 amide bonds. The Morgan fingerprint density at radius 3 is 2.88 bits per heavy atom. The standard InChI is InChI=1S/C11H14ClFN2O/c1-2-14-6-5-11(16)15-10-4-3-8(12)7-9(10)13/h3-4,7,14H,2,5-6H2,1H3,(H,15,16). The van der Waals surface area contributed by atoms with Crippen LogP contribution in [0.25, 0.3) is 0 Å². The maximum atomic E-state index is 13.3. The summed E-state index contributed by atoms with van der Waals surface area (Å²) in [6.07, 6.45) is 0.315. The zero-order valence-corrected chi connectivity index (χ0v) is 9.77. The Bertz CT molecular complexity index is 371. The molecule has 0 saturated heterocycles. The highest BCUT2D eigenvalue weighted by atomic mass is 35.5. The average molecular weight is 245 g/mol. The third kappa shape index (κ3) is 4.16. The summed E-state index contributed by atoms with van der Waals surface area (Å²) in [6.45, 7) is 3.34. The van der Waals surface area contributed by atoms with Gasteiger partial charge in [-0.3, -0.25) is 4.79 Å². The summed E-state index contributed by atoms with van der Waals surface area (Å²) in [7, 11) is 0. The van der Waals surface area contributed by atoms with Gasteiger partial charge in [-0.2, -0.15) is 0 Å². The lowest BCUT2D eigenvalue weighted by Gasteiger charge is -2.06. The summed E-state index contributed by atoms with van der Waals surface area (Å²) >= 11 is 5.59. The second-order valence-electron chi connectivity index (χ2n) is 3.28. The van der Waals surface area contributed by atoms with Crippen molar-refractivity contribution in [1.29, 1.82) is 0 Å². The quantitative estimate of drug-likeness (QED) is 0.781. The summed E-state index contributed by atoms with van der Waals surface area (Å²) in [5.41, 5.74) is 0.158. The molecule has 0 unspecified atom stereocenters. The lowest BCUT2D eigenvalue weighted by Crippen LogP contribution is -2.21. The smallest absolute Gasteiger partial charge is 0.225 e. The molecule has 0 fully saturated rings. The number of halogens is 2. The first kappa shape index (κ1) is 12.9. The third-order valence-corrected chi connectivity index (χ3v) is 2.22. The van der Waals surface area contributed by atoms with Gasteiger partial charge in [-0.15, -0.1) is 0 Å². The van der Waals surface area contributed by atoms with E-state index < -0.39 is 5.82 Å². The molecule has 0 bridgehead atoms. The van der Waals surface area contributed by atoms with Crippen molar-refractivity contribution in [2.75, 3.05) is 18.4 Å². The fourth-order valence-corrected chi connectivity index (χ4v) is 1.34. The molecule has 0 aliphatic heterocycles. The van der Waals surface area contributed by atoms with Crippen LogP contribution in [0.5, 0.6) is 0 Å². The van der Waals surface area contributed by atoms with Crippen molar-refractivity contribution in [2.24, 2.45) is 0 Å². The molecule has 16 heavy (non-hydrogen) atoms. The Morgan fingerprint density at radius 1 is 1.50 bits per heavy atom. The van der Waals surface area contributed by atoms with Crippen molar-refractivity contribution in [3.05, 3.63) is 29.0 Å². The van der Waals surface area contributed by atoms with Gasteiger partial charge in [0.2, 0.25) is 5.91 Å². The van der Waals surface area contributed by atoms with Gasteiger partial charge in [0.05, 0.1) is 5.69 Å². The van der Waals surface area contributed by atoms with Crippen LogP contribution in [-0.2, 0) is 4.79 Å². The van der Waals surface area contributed by atoms with Gasteiger partial charge in [-0.05, 0) is 24.7 Å². The van der Waals surface area contributed by atoms with Gasteiger partial charge in [-0.25, -0.2) is 4.39 Å². The minimum absolute atomic E-state index is 0.158. The van der Waals surface area contributed by atoms with E-state index in [9.17, 15) is 9.18 Å². The first-order valence-electron chi connectivity index (χ1n) is 5.09. The van der Waals surface area contributed by atoms with E-state index in [1.165, 1.54) is 18.2 Å². The summed E-state index contributed by atoms with van der Waals surface area (Å²) in [5, 5.41) is 5.81. The van der Waals surface area contributed by atoms with Crippen LogP contribution >= 0.6 is 11.6 Å². The first-order valence-corrected chi connectivity index (χ1v) is 5.47. The molecule has 3 nitrogen and oxygen atoms in total. The Hall–Kier alpha value is -1.13. The predicted octanol–water partition coefficient (Wildman–Crippen LogP) is 2.42. The van der Waals surface area contributed by atoms with Crippen molar-refractivity contribution in [3.63, 3.8) is 0 Å². The minimum atomic E-state index is -0.524. The van der Waals surface area contributed by atoms with E-state index in [2.05, 4.69) is 10.6 Å². The Balaban J connectivity index is 2.49. The number of hydrogen-bond acceptors (Lipinski definition) is 2. The molecule has 1 aromatic carbocycles. The average Bonchev–Trinajstić information content (AvgIpc) is 2.23. The van der Waals surface area contributed by atoms with Gasteiger partial charge < -0.3 is 10.6 Å². The number of nitrogens with one attached hydrogen (secondary N) is 2. The van der Waals surface area contributed by atoms with Crippen LogP contribution in [0.1, 0.15) is 13.3 Å². The zero-order chi connectivity index (χ0) is 12.0. The third-order valence-electron chi connectivity index (χ3n) is 1.98. The van der Waals surface area contributed by atoms with Crippen LogP contribution in [-0.4, -0.2) is 19.0 Å². The molecular formula is C11H14ClFN2O. The summed E-state index contributed by atoms with van der Waals surface area (Å²) in [6, 6.07) is 4.15. The maximum absolute atomic E-state index is 13.3. The molecule has 0 heterocycles. The second kappa shape index (κ2) is 6.45. The topological polar surface area (TPSA) is 41.1 Å². The highest BCUT2D eigenvalue weighted by Gasteiger charge is 2.06. The largest absolute Gasteiger partial charge is 0.324 e. The molecule has 1 aromatic rings. The van der Waals surface area contributed by atoms with Crippen LogP contribution < -0.4 is 10.6 Å². The molecular weight excluding hydrogens is 231 g/mol. The number of rotatable bonds is 5. The molecule has 88 valence electrons. The van der Waals surface area contributed by atoms with E-state index in [4.69, 9.17) is 11.6 Å². The molecule has 0 aliphatic carbocycles. The fourth-order valence-electron chi connectivity index (χ4n) is 1.18. The Morgan fingerprint density at radius 2 is 2.25 bits per heavy atom. The fraction of sp³-hybridized carbons (Fsp3) is 0.364. The van der Waals surface area contributed by atoms with Crippen LogP contribution in [0.15, 0.2) is 18.2 Å². The number of anilines is 1. The van der Waals surface area contributed by atoms with Gasteiger partial charge in [0.1, 0.15) is 5.82 Å². The summed E-state index contributed by atoms with van der Waals surface area (Å²) in [5.74, 6) is -0.744. The van der Waals surface area contributed by atoms with Crippen molar-refractivity contribution in [1.82, 2.24) is 5.32 Å². The van der Waals surface area contributed by atoms with E-state index >= 15 is 0 Å². The molecule has 0 radical (unpaired) electrons. The van der Waals surface area contributed by atoms with Crippen LogP contribution in [0.4, 0.5) is 10.1 Å². The number of carbonyl (C=O) groups excluding carboxylic acids is 1. The SMILES string of the molecule is CCNCCC(=O)Nc1ccc(Cl)cc1F. The molecule has 2 N–H and O–H groups in total. The zero-order valence-electron chi connectivity index (χ0n) is 9.02. The molecule has 0 saturated carbocycles. The van der Waals surface area contributed by atoms with Gasteiger partial charge >= 0.3 is 0 Å². The van der Waals surface area contributed by atoms with E-state index in [1.54, 1.807) is 0 Å². The molecule has 0 atom stereocenters. The van der Waals surface area contributed by atoms with Crippen LogP contribution in [0.3, 0.4) is 0 Å². The molecule has 1 rings (SSSR count). The summed E-state index contributed by atoms with van der Waals surface area (Å²) in [4.78, 5) is 11.4. The lowest BCUT2D eigenvalue weighted by molar-refractivity contribution is -0.116. The Labute approximate surface area is 99.0 Å². The number of amides is 1. The van der Waals surface area contributed by atoms with Crippen molar-refractivity contribution in [3.8, 4) is 0 Å². The van der Waals surface area contributed by atoms with E-state index in [0.29, 0.717) is 18.0 Å². The molecule has 5 heteroatoms. The predicted molar refractivity (Wildman–Crippen MR) is 63.2 cm³/mol.